The fourth-order valence-corrected chi connectivity index (χ4v) is 4.36. The molecule has 0 aliphatic carbocycles. The molecule has 1 fully saturated rings. The van der Waals surface area contributed by atoms with E-state index in [4.69, 9.17) is 4.42 Å². The molecular formula is C17H20N2O4S. The topological polar surface area (TPSA) is 79.6 Å². The van der Waals surface area contributed by atoms with Crippen molar-refractivity contribution in [3.05, 3.63) is 47.4 Å². The standard InChI is InChI=1S/C17H20N2O4S/c1-12-11-16(13(2)23-12)17(20)18-14-5-7-15(8-6-14)24(21,22)19-9-3-4-10-19/h5-8,11H,3-4,9-10H2,1-2H3,(H,18,20). The monoisotopic (exact) mass is 348 g/mol. The summed E-state index contributed by atoms with van der Waals surface area (Å²) in [6.45, 7) is 4.65. The first-order chi connectivity index (χ1) is 11.4. The first kappa shape index (κ1) is 16.7. The van der Waals surface area contributed by atoms with Gasteiger partial charge in [-0.1, -0.05) is 0 Å². The number of nitrogens with zero attached hydrogens (tertiary/aromatic N) is 1. The maximum atomic E-state index is 12.5. The van der Waals surface area contributed by atoms with Gasteiger partial charge in [-0.15, -0.1) is 0 Å². The molecular weight excluding hydrogens is 328 g/mol. The van der Waals surface area contributed by atoms with E-state index in [1.54, 1.807) is 32.0 Å². The number of rotatable bonds is 4. The lowest BCUT2D eigenvalue weighted by Gasteiger charge is -2.15. The van der Waals surface area contributed by atoms with Crippen molar-refractivity contribution >= 4 is 21.6 Å². The third kappa shape index (κ3) is 3.22. The predicted octanol–water partition coefficient (Wildman–Crippen LogP) is 2.93. The van der Waals surface area contributed by atoms with E-state index in [1.165, 1.54) is 16.4 Å². The van der Waals surface area contributed by atoms with Gasteiger partial charge >= 0.3 is 0 Å². The molecule has 0 spiro atoms. The van der Waals surface area contributed by atoms with E-state index in [-0.39, 0.29) is 10.8 Å². The highest BCUT2D eigenvalue weighted by atomic mass is 32.2. The number of carbonyl (C=O) groups is 1. The number of aryl methyl sites for hydroxylation is 2. The molecule has 1 aliphatic heterocycles. The van der Waals surface area contributed by atoms with Crippen LogP contribution >= 0.6 is 0 Å². The van der Waals surface area contributed by atoms with E-state index in [1.807, 2.05) is 0 Å². The number of carbonyl (C=O) groups excluding carboxylic acids is 1. The largest absolute Gasteiger partial charge is 0.466 e. The van der Waals surface area contributed by atoms with Gasteiger partial charge in [-0.2, -0.15) is 4.31 Å². The third-order valence-corrected chi connectivity index (χ3v) is 6.01. The van der Waals surface area contributed by atoms with Crippen LogP contribution < -0.4 is 5.32 Å². The minimum Gasteiger partial charge on any atom is -0.466 e. The Morgan fingerprint density at radius 3 is 2.29 bits per heavy atom. The zero-order chi connectivity index (χ0) is 17.3. The van der Waals surface area contributed by atoms with E-state index in [2.05, 4.69) is 5.32 Å². The van der Waals surface area contributed by atoms with Gasteiger partial charge in [0.2, 0.25) is 10.0 Å². The average molecular weight is 348 g/mol. The van der Waals surface area contributed by atoms with Gasteiger partial charge in [0.05, 0.1) is 10.5 Å². The molecule has 1 N–H and O–H groups in total. The molecule has 128 valence electrons. The molecule has 1 aromatic heterocycles. The Bertz CT molecular complexity index is 847. The lowest BCUT2D eigenvalue weighted by atomic mass is 10.2. The molecule has 3 rings (SSSR count). The number of furan rings is 1. The minimum absolute atomic E-state index is 0.248. The van der Waals surface area contributed by atoms with Crippen molar-refractivity contribution in [1.82, 2.24) is 4.31 Å². The van der Waals surface area contributed by atoms with Gasteiger partial charge in [-0.25, -0.2) is 8.42 Å². The van der Waals surface area contributed by atoms with Crippen LogP contribution in [0, 0.1) is 13.8 Å². The van der Waals surface area contributed by atoms with Crippen molar-refractivity contribution in [3.63, 3.8) is 0 Å². The van der Waals surface area contributed by atoms with E-state index in [9.17, 15) is 13.2 Å². The van der Waals surface area contributed by atoms with Crippen LogP contribution in [0.15, 0.2) is 39.6 Å². The first-order valence-corrected chi connectivity index (χ1v) is 9.30. The van der Waals surface area contributed by atoms with E-state index >= 15 is 0 Å². The summed E-state index contributed by atoms with van der Waals surface area (Å²) < 4.78 is 31.8. The summed E-state index contributed by atoms with van der Waals surface area (Å²) in [5.74, 6) is 0.947. The van der Waals surface area contributed by atoms with Crippen molar-refractivity contribution in [1.29, 1.82) is 0 Å². The molecule has 0 saturated carbocycles. The van der Waals surface area contributed by atoms with Crippen LogP contribution in [0.4, 0.5) is 5.69 Å². The summed E-state index contributed by atoms with van der Waals surface area (Å²) >= 11 is 0. The second-order valence-corrected chi connectivity index (χ2v) is 7.85. The van der Waals surface area contributed by atoms with Gasteiger partial charge in [0, 0.05) is 18.8 Å². The number of sulfonamides is 1. The normalized spacial score (nSPS) is 15.6. The quantitative estimate of drug-likeness (QED) is 0.921. The van der Waals surface area contributed by atoms with Gasteiger partial charge in [0.25, 0.3) is 5.91 Å². The fourth-order valence-electron chi connectivity index (χ4n) is 2.84. The highest BCUT2D eigenvalue weighted by Crippen LogP contribution is 2.23. The van der Waals surface area contributed by atoms with Crippen LogP contribution in [0.3, 0.4) is 0 Å². The first-order valence-electron chi connectivity index (χ1n) is 7.86. The molecule has 1 amide bonds. The maximum Gasteiger partial charge on any atom is 0.259 e. The van der Waals surface area contributed by atoms with Gasteiger partial charge in [0.15, 0.2) is 0 Å². The van der Waals surface area contributed by atoms with Crippen LogP contribution in [0.1, 0.15) is 34.7 Å². The van der Waals surface area contributed by atoms with Gasteiger partial charge in [0.1, 0.15) is 11.5 Å². The Kier molecular flexibility index (Phi) is 4.47. The summed E-state index contributed by atoms with van der Waals surface area (Å²) in [4.78, 5) is 12.5. The van der Waals surface area contributed by atoms with Crippen LogP contribution in [-0.4, -0.2) is 31.7 Å². The lowest BCUT2D eigenvalue weighted by Crippen LogP contribution is -2.27. The second-order valence-electron chi connectivity index (χ2n) is 5.92. The lowest BCUT2D eigenvalue weighted by molar-refractivity contribution is 0.102. The SMILES string of the molecule is Cc1cc(C(=O)Nc2ccc(S(=O)(=O)N3CCCC3)cc2)c(C)o1. The van der Waals surface area contributed by atoms with Crippen molar-refractivity contribution in [2.75, 3.05) is 18.4 Å². The molecule has 1 aromatic carbocycles. The zero-order valence-electron chi connectivity index (χ0n) is 13.7. The number of amides is 1. The molecule has 0 atom stereocenters. The highest BCUT2D eigenvalue weighted by Gasteiger charge is 2.27. The van der Waals surface area contributed by atoms with Crippen molar-refractivity contribution in [3.8, 4) is 0 Å². The van der Waals surface area contributed by atoms with Crippen LogP contribution in [0.5, 0.6) is 0 Å². The van der Waals surface area contributed by atoms with Gasteiger partial charge in [-0.3, -0.25) is 4.79 Å². The number of anilines is 1. The van der Waals surface area contributed by atoms with Crippen LogP contribution in [0.2, 0.25) is 0 Å². The maximum absolute atomic E-state index is 12.5. The Morgan fingerprint density at radius 1 is 1.12 bits per heavy atom. The summed E-state index contributed by atoms with van der Waals surface area (Å²) in [6.07, 6.45) is 1.80. The molecule has 1 aliphatic rings. The number of benzene rings is 1. The Balaban J connectivity index is 1.75. The Hall–Kier alpha value is -2.12. The molecule has 2 heterocycles. The number of nitrogens with one attached hydrogen (secondary N) is 1. The zero-order valence-corrected chi connectivity index (χ0v) is 14.5. The summed E-state index contributed by atoms with van der Waals surface area (Å²) in [5.41, 5.74) is 1.01. The Labute approximate surface area is 141 Å². The summed E-state index contributed by atoms with van der Waals surface area (Å²) in [7, 11) is -3.43. The molecule has 0 unspecified atom stereocenters. The van der Waals surface area contributed by atoms with Crippen molar-refractivity contribution < 1.29 is 17.6 Å². The molecule has 0 radical (unpaired) electrons. The molecule has 0 bridgehead atoms. The van der Waals surface area contributed by atoms with Crippen LogP contribution in [-0.2, 0) is 10.0 Å². The van der Waals surface area contributed by atoms with E-state index < -0.39 is 10.0 Å². The molecule has 6 nitrogen and oxygen atoms in total. The van der Waals surface area contributed by atoms with Crippen molar-refractivity contribution in [2.45, 2.75) is 31.6 Å². The van der Waals surface area contributed by atoms with E-state index in [0.717, 1.165) is 12.8 Å². The minimum atomic E-state index is -3.43. The third-order valence-electron chi connectivity index (χ3n) is 4.10. The molecule has 24 heavy (non-hydrogen) atoms. The van der Waals surface area contributed by atoms with Gasteiger partial charge < -0.3 is 9.73 Å². The number of hydrogen-bond donors (Lipinski definition) is 1. The molecule has 1 saturated heterocycles. The predicted molar refractivity (Wildman–Crippen MR) is 90.6 cm³/mol. The smallest absolute Gasteiger partial charge is 0.259 e. The van der Waals surface area contributed by atoms with Gasteiger partial charge in [-0.05, 0) is 57.0 Å². The van der Waals surface area contributed by atoms with E-state index in [0.29, 0.717) is 35.9 Å². The summed E-state index contributed by atoms with van der Waals surface area (Å²) in [5, 5.41) is 2.75. The summed E-state index contributed by atoms with van der Waals surface area (Å²) in [6, 6.07) is 7.93. The van der Waals surface area contributed by atoms with Crippen LogP contribution in [0.25, 0.3) is 0 Å². The number of hydrogen-bond acceptors (Lipinski definition) is 4. The second kappa shape index (κ2) is 6.41. The Morgan fingerprint density at radius 2 is 1.75 bits per heavy atom. The average Bonchev–Trinajstić information content (AvgIpc) is 3.18. The molecule has 2 aromatic rings. The fraction of sp³-hybridized carbons (Fsp3) is 0.353. The molecule has 7 heteroatoms. The highest BCUT2D eigenvalue weighted by molar-refractivity contribution is 7.89. The van der Waals surface area contributed by atoms with Crippen molar-refractivity contribution in [2.24, 2.45) is 0 Å².